The normalized spacial score (nSPS) is 20.3. The van der Waals surface area contributed by atoms with Crippen LogP contribution >= 0.6 is 0 Å². The molecule has 8 nitrogen and oxygen atoms in total. The van der Waals surface area contributed by atoms with Crippen LogP contribution in [0.25, 0.3) is 0 Å². The van der Waals surface area contributed by atoms with Crippen molar-refractivity contribution in [3.05, 3.63) is 11.4 Å². The van der Waals surface area contributed by atoms with Crippen LogP contribution in [0.1, 0.15) is 43.5 Å². The van der Waals surface area contributed by atoms with Gasteiger partial charge in [0.1, 0.15) is 4.90 Å². The Morgan fingerprint density at radius 3 is 2.38 bits per heavy atom. The molecule has 1 aromatic heterocycles. The first kappa shape index (κ1) is 19.2. The van der Waals surface area contributed by atoms with Crippen LogP contribution in [-0.4, -0.2) is 65.7 Å². The minimum Gasteiger partial charge on any atom is -0.335 e. The monoisotopic (exact) mass is 383 g/mol. The SMILES string of the molecule is Cc1nn(C)c(C)c1S(=O)(=O)N1CCCN(C(=O)NC2CCCC2)CC1. The first-order valence-corrected chi connectivity index (χ1v) is 10.8. The number of nitrogens with one attached hydrogen (secondary N) is 1. The number of aryl methyl sites for hydroxylation is 2. The third kappa shape index (κ3) is 3.73. The lowest BCUT2D eigenvalue weighted by atomic mass is 10.2. The summed E-state index contributed by atoms with van der Waals surface area (Å²) in [5.74, 6) is 0. The second kappa shape index (κ2) is 7.56. The van der Waals surface area contributed by atoms with Crippen molar-refractivity contribution in [2.24, 2.45) is 7.05 Å². The van der Waals surface area contributed by atoms with E-state index >= 15 is 0 Å². The molecule has 0 bridgehead atoms. The predicted octanol–water partition coefficient (Wildman–Crippen LogP) is 1.39. The third-order valence-electron chi connectivity index (χ3n) is 5.47. The van der Waals surface area contributed by atoms with Gasteiger partial charge in [-0.25, -0.2) is 13.2 Å². The molecule has 0 aromatic carbocycles. The van der Waals surface area contributed by atoms with Gasteiger partial charge < -0.3 is 10.2 Å². The lowest BCUT2D eigenvalue weighted by Gasteiger charge is -2.24. The Morgan fingerprint density at radius 1 is 1.08 bits per heavy atom. The number of urea groups is 1. The van der Waals surface area contributed by atoms with E-state index in [1.165, 1.54) is 17.1 Å². The van der Waals surface area contributed by atoms with E-state index in [1.54, 1.807) is 30.5 Å². The smallest absolute Gasteiger partial charge is 0.317 e. The number of sulfonamides is 1. The molecule has 2 heterocycles. The standard InChI is InChI=1S/C17H29N5O3S/c1-13-16(14(2)20(3)19-13)26(24,25)22-10-6-9-21(11-12-22)17(23)18-15-7-4-5-8-15/h15H,4-12H2,1-3H3,(H,18,23). The van der Waals surface area contributed by atoms with Crippen LogP contribution in [-0.2, 0) is 17.1 Å². The lowest BCUT2D eigenvalue weighted by Crippen LogP contribution is -2.45. The van der Waals surface area contributed by atoms with Crippen molar-refractivity contribution < 1.29 is 13.2 Å². The first-order chi connectivity index (χ1) is 12.3. The van der Waals surface area contributed by atoms with Gasteiger partial charge in [-0.05, 0) is 33.1 Å². The van der Waals surface area contributed by atoms with Gasteiger partial charge in [-0.3, -0.25) is 4.68 Å². The molecule has 1 saturated heterocycles. The van der Waals surface area contributed by atoms with E-state index in [4.69, 9.17) is 0 Å². The van der Waals surface area contributed by atoms with Gasteiger partial charge in [0.25, 0.3) is 0 Å². The maximum Gasteiger partial charge on any atom is 0.317 e. The molecule has 1 aromatic rings. The van der Waals surface area contributed by atoms with Gasteiger partial charge in [-0.15, -0.1) is 0 Å². The summed E-state index contributed by atoms with van der Waals surface area (Å²) in [5, 5.41) is 7.32. The van der Waals surface area contributed by atoms with Crippen LogP contribution in [0, 0.1) is 13.8 Å². The Bertz CT molecular complexity index is 768. The second-order valence-corrected chi connectivity index (χ2v) is 9.17. The van der Waals surface area contributed by atoms with Gasteiger partial charge in [0, 0.05) is 39.3 Å². The van der Waals surface area contributed by atoms with Gasteiger partial charge in [0.15, 0.2) is 0 Å². The fraction of sp³-hybridized carbons (Fsp3) is 0.765. The molecule has 2 fully saturated rings. The van der Waals surface area contributed by atoms with Crippen molar-refractivity contribution in [1.82, 2.24) is 24.3 Å². The molecule has 1 aliphatic heterocycles. The van der Waals surface area contributed by atoms with Crippen LogP contribution in [0.3, 0.4) is 0 Å². The number of rotatable bonds is 3. The Balaban J connectivity index is 1.68. The van der Waals surface area contributed by atoms with E-state index in [0.717, 1.165) is 12.8 Å². The molecule has 26 heavy (non-hydrogen) atoms. The van der Waals surface area contributed by atoms with E-state index in [0.29, 0.717) is 48.9 Å². The van der Waals surface area contributed by atoms with Gasteiger partial charge >= 0.3 is 6.03 Å². The highest BCUT2D eigenvalue weighted by molar-refractivity contribution is 7.89. The quantitative estimate of drug-likeness (QED) is 0.854. The Morgan fingerprint density at radius 2 is 1.77 bits per heavy atom. The maximum absolute atomic E-state index is 13.1. The number of hydrogen-bond donors (Lipinski definition) is 1. The highest BCUT2D eigenvalue weighted by Gasteiger charge is 2.32. The van der Waals surface area contributed by atoms with E-state index in [9.17, 15) is 13.2 Å². The Hall–Kier alpha value is -1.61. The summed E-state index contributed by atoms with van der Waals surface area (Å²) in [4.78, 5) is 14.5. The summed E-state index contributed by atoms with van der Waals surface area (Å²) >= 11 is 0. The van der Waals surface area contributed by atoms with Gasteiger partial charge in [-0.1, -0.05) is 12.8 Å². The van der Waals surface area contributed by atoms with Crippen molar-refractivity contribution >= 4 is 16.1 Å². The number of aromatic nitrogens is 2. The highest BCUT2D eigenvalue weighted by Crippen LogP contribution is 2.24. The first-order valence-electron chi connectivity index (χ1n) is 9.36. The summed E-state index contributed by atoms with van der Waals surface area (Å²) in [5.41, 5.74) is 1.16. The molecule has 0 unspecified atom stereocenters. The fourth-order valence-corrected chi connectivity index (χ4v) is 5.80. The Labute approximate surface area is 155 Å². The third-order valence-corrected chi connectivity index (χ3v) is 7.62. The topological polar surface area (TPSA) is 87.5 Å². The molecule has 146 valence electrons. The van der Waals surface area contributed by atoms with E-state index in [-0.39, 0.29) is 12.1 Å². The minimum atomic E-state index is -3.61. The molecule has 2 aliphatic rings. The van der Waals surface area contributed by atoms with Crippen LogP contribution in [0.2, 0.25) is 0 Å². The average Bonchev–Trinajstić information content (AvgIpc) is 3.06. The lowest BCUT2D eigenvalue weighted by molar-refractivity contribution is 0.196. The number of hydrogen-bond acceptors (Lipinski definition) is 4. The molecule has 1 aliphatic carbocycles. The molecule has 0 atom stereocenters. The summed E-state index contributed by atoms with van der Waals surface area (Å²) in [6.07, 6.45) is 5.05. The van der Waals surface area contributed by atoms with E-state index in [2.05, 4.69) is 10.4 Å². The predicted molar refractivity (Wildman–Crippen MR) is 98.4 cm³/mol. The van der Waals surface area contributed by atoms with Crippen molar-refractivity contribution in [3.8, 4) is 0 Å². The molecule has 0 spiro atoms. The number of nitrogens with zero attached hydrogens (tertiary/aromatic N) is 4. The van der Waals surface area contributed by atoms with Crippen LogP contribution in [0.4, 0.5) is 4.79 Å². The van der Waals surface area contributed by atoms with Crippen molar-refractivity contribution in [3.63, 3.8) is 0 Å². The summed E-state index contributed by atoms with van der Waals surface area (Å²) in [7, 11) is -1.86. The summed E-state index contributed by atoms with van der Waals surface area (Å²) < 4.78 is 29.3. The number of carbonyl (C=O) groups excluding carboxylic acids is 1. The second-order valence-electron chi connectivity index (χ2n) is 7.30. The zero-order valence-corrected chi connectivity index (χ0v) is 16.7. The molecule has 0 radical (unpaired) electrons. The largest absolute Gasteiger partial charge is 0.335 e. The van der Waals surface area contributed by atoms with Crippen molar-refractivity contribution in [2.75, 3.05) is 26.2 Å². The minimum absolute atomic E-state index is 0.0649. The summed E-state index contributed by atoms with van der Waals surface area (Å²) in [6.45, 7) is 5.22. The Kier molecular flexibility index (Phi) is 5.57. The average molecular weight is 384 g/mol. The maximum atomic E-state index is 13.1. The van der Waals surface area contributed by atoms with Crippen LogP contribution in [0.5, 0.6) is 0 Å². The molecule has 9 heteroatoms. The van der Waals surface area contributed by atoms with Gasteiger partial charge in [0.05, 0.1) is 11.4 Å². The zero-order valence-electron chi connectivity index (χ0n) is 15.9. The summed E-state index contributed by atoms with van der Waals surface area (Å²) in [6, 6.07) is 0.205. The molecule has 1 saturated carbocycles. The van der Waals surface area contributed by atoms with E-state index in [1.807, 2.05) is 0 Å². The van der Waals surface area contributed by atoms with Crippen molar-refractivity contribution in [2.45, 2.75) is 56.9 Å². The number of amides is 2. The molecule has 3 rings (SSSR count). The van der Waals surface area contributed by atoms with Crippen LogP contribution in [0.15, 0.2) is 4.90 Å². The fourth-order valence-electron chi connectivity index (χ4n) is 3.93. The van der Waals surface area contributed by atoms with Gasteiger partial charge in [0.2, 0.25) is 10.0 Å². The molecule has 2 amide bonds. The molecule has 1 N–H and O–H groups in total. The van der Waals surface area contributed by atoms with Gasteiger partial charge in [-0.2, -0.15) is 9.40 Å². The zero-order chi connectivity index (χ0) is 18.9. The highest BCUT2D eigenvalue weighted by atomic mass is 32.2. The van der Waals surface area contributed by atoms with Crippen molar-refractivity contribution in [1.29, 1.82) is 0 Å². The molecular formula is C17H29N5O3S. The van der Waals surface area contributed by atoms with Crippen LogP contribution < -0.4 is 5.32 Å². The molecular weight excluding hydrogens is 354 g/mol. The number of carbonyl (C=O) groups is 1. The van der Waals surface area contributed by atoms with E-state index < -0.39 is 10.0 Å².